The first-order valence-electron chi connectivity index (χ1n) is 3.23. The van der Waals surface area contributed by atoms with Gasteiger partial charge in [-0.05, 0) is 6.42 Å². The highest BCUT2D eigenvalue weighted by atomic mass is 35.5. The smallest absolute Gasteiger partial charge is 0.108 e. The van der Waals surface area contributed by atoms with E-state index in [1.807, 2.05) is 6.08 Å². The van der Waals surface area contributed by atoms with Crippen molar-refractivity contribution in [3.8, 4) is 0 Å². The van der Waals surface area contributed by atoms with Crippen LogP contribution in [0.1, 0.15) is 12.8 Å². The summed E-state index contributed by atoms with van der Waals surface area (Å²) < 4.78 is 0.0633. The van der Waals surface area contributed by atoms with Crippen LogP contribution in [-0.2, 0) is 0 Å². The van der Waals surface area contributed by atoms with Gasteiger partial charge in [0.15, 0.2) is 0 Å². The highest BCUT2D eigenvalue weighted by Crippen LogP contribution is 1.96. The van der Waals surface area contributed by atoms with Crippen molar-refractivity contribution in [2.45, 2.75) is 12.8 Å². The summed E-state index contributed by atoms with van der Waals surface area (Å²) in [7, 11) is 3.53. The van der Waals surface area contributed by atoms with Gasteiger partial charge in [0.1, 0.15) is 6.54 Å². The molecule has 0 aliphatic carbocycles. The van der Waals surface area contributed by atoms with Gasteiger partial charge in [-0.3, -0.25) is 0 Å². The SMILES string of the molecule is C=CCCC[N+](C)(C)O.[Cl-]. The first-order valence-corrected chi connectivity index (χ1v) is 3.23. The number of hydrogen-bond acceptors (Lipinski definition) is 1. The standard InChI is InChI=1S/C7H16NO.ClH/c1-4-5-6-7-8(2,3)9;/h4,9H,1,5-7H2,2-3H3;1H/q+1;/p-1. The molecule has 2 nitrogen and oxygen atoms in total. The molecule has 0 radical (unpaired) electrons. The van der Waals surface area contributed by atoms with Crippen molar-refractivity contribution in [2.75, 3.05) is 20.6 Å². The fraction of sp³-hybridized carbons (Fsp3) is 0.714. The summed E-state index contributed by atoms with van der Waals surface area (Å²) in [5, 5.41) is 9.15. The summed E-state index contributed by atoms with van der Waals surface area (Å²) in [6, 6.07) is 0. The van der Waals surface area contributed by atoms with E-state index in [1.54, 1.807) is 14.1 Å². The van der Waals surface area contributed by atoms with Crippen LogP contribution in [0.5, 0.6) is 0 Å². The maximum atomic E-state index is 9.15. The summed E-state index contributed by atoms with van der Waals surface area (Å²) in [4.78, 5) is 0. The minimum absolute atomic E-state index is 0. The summed E-state index contributed by atoms with van der Waals surface area (Å²) in [6.07, 6.45) is 3.87. The van der Waals surface area contributed by atoms with E-state index in [9.17, 15) is 0 Å². The largest absolute Gasteiger partial charge is 1.00 e. The molecular formula is C7H16ClNO. The monoisotopic (exact) mass is 165 g/mol. The van der Waals surface area contributed by atoms with Gasteiger partial charge in [-0.2, -0.15) is 4.65 Å². The van der Waals surface area contributed by atoms with Crippen LogP contribution in [0.2, 0.25) is 0 Å². The van der Waals surface area contributed by atoms with Crippen molar-refractivity contribution in [3.63, 3.8) is 0 Å². The Bertz CT molecular complexity index is 88.1. The van der Waals surface area contributed by atoms with Gasteiger partial charge < -0.3 is 12.4 Å². The van der Waals surface area contributed by atoms with Crippen LogP contribution in [-0.4, -0.2) is 30.5 Å². The second-order valence-electron chi connectivity index (χ2n) is 2.78. The molecule has 0 rings (SSSR count). The van der Waals surface area contributed by atoms with Crippen molar-refractivity contribution < 1.29 is 22.3 Å². The third kappa shape index (κ3) is 10.8. The number of rotatable bonds is 4. The molecule has 0 saturated heterocycles. The summed E-state index contributed by atoms with van der Waals surface area (Å²) >= 11 is 0. The van der Waals surface area contributed by atoms with E-state index in [4.69, 9.17) is 5.21 Å². The molecule has 1 N–H and O–H groups in total. The van der Waals surface area contributed by atoms with Crippen LogP contribution in [0.3, 0.4) is 0 Å². The van der Waals surface area contributed by atoms with Gasteiger partial charge in [0.05, 0.1) is 14.1 Å². The number of halogens is 1. The zero-order chi connectivity index (χ0) is 7.33. The summed E-state index contributed by atoms with van der Waals surface area (Å²) in [5.41, 5.74) is 0. The Kier molecular flexibility index (Phi) is 7.21. The molecule has 0 fully saturated rings. The van der Waals surface area contributed by atoms with E-state index in [-0.39, 0.29) is 17.1 Å². The average molecular weight is 166 g/mol. The quantitative estimate of drug-likeness (QED) is 0.231. The Morgan fingerprint density at radius 2 is 2.00 bits per heavy atom. The first-order chi connectivity index (χ1) is 4.06. The molecular weight excluding hydrogens is 150 g/mol. The molecule has 0 spiro atoms. The second kappa shape index (κ2) is 5.71. The summed E-state index contributed by atoms with van der Waals surface area (Å²) in [6.45, 7) is 4.39. The van der Waals surface area contributed by atoms with E-state index in [0.29, 0.717) is 0 Å². The van der Waals surface area contributed by atoms with Crippen molar-refractivity contribution in [1.82, 2.24) is 0 Å². The number of hydroxylamine groups is 3. The van der Waals surface area contributed by atoms with E-state index in [2.05, 4.69) is 6.58 Å². The van der Waals surface area contributed by atoms with E-state index in [0.717, 1.165) is 19.4 Å². The van der Waals surface area contributed by atoms with Crippen LogP contribution in [0, 0.1) is 0 Å². The van der Waals surface area contributed by atoms with Crippen LogP contribution >= 0.6 is 0 Å². The van der Waals surface area contributed by atoms with Gasteiger partial charge in [-0.15, -0.1) is 6.58 Å². The Hall–Kier alpha value is -0.0500. The molecule has 0 aliphatic heterocycles. The van der Waals surface area contributed by atoms with Gasteiger partial charge in [-0.25, -0.2) is 5.21 Å². The second-order valence-corrected chi connectivity index (χ2v) is 2.78. The molecule has 0 aliphatic rings. The Morgan fingerprint density at radius 3 is 2.30 bits per heavy atom. The van der Waals surface area contributed by atoms with Crippen LogP contribution < -0.4 is 12.4 Å². The van der Waals surface area contributed by atoms with E-state index >= 15 is 0 Å². The van der Waals surface area contributed by atoms with Gasteiger partial charge in [0.2, 0.25) is 0 Å². The molecule has 0 bridgehead atoms. The molecule has 62 valence electrons. The third-order valence-corrected chi connectivity index (χ3v) is 1.11. The number of unbranched alkanes of at least 4 members (excludes halogenated alkanes) is 1. The molecule has 10 heavy (non-hydrogen) atoms. The topological polar surface area (TPSA) is 20.2 Å². The maximum Gasteiger partial charge on any atom is 0.108 e. The normalized spacial score (nSPS) is 10.3. The van der Waals surface area contributed by atoms with Crippen molar-refractivity contribution >= 4 is 0 Å². The van der Waals surface area contributed by atoms with Gasteiger partial charge in [-0.1, -0.05) is 6.08 Å². The molecule has 0 atom stereocenters. The first kappa shape index (κ1) is 12.6. The van der Waals surface area contributed by atoms with E-state index in [1.165, 1.54) is 0 Å². The number of allylic oxidation sites excluding steroid dienone is 1. The number of quaternary nitrogens is 1. The molecule has 0 amide bonds. The highest BCUT2D eigenvalue weighted by Gasteiger charge is 2.07. The lowest BCUT2D eigenvalue weighted by Gasteiger charge is -2.18. The molecule has 0 heterocycles. The number of nitrogens with zero attached hydrogens (tertiary/aromatic N) is 1. The van der Waals surface area contributed by atoms with Crippen molar-refractivity contribution in [3.05, 3.63) is 12.7 Å². The number of hydrogen-bond donors (Lipinski definition) is 1. The van der Waals surface area contributed by atoms with Crippen molar-refractivity contribution in [1.29, 1.82) is 0 Å². The molecule has 0 unspecified atom stereocenters. The fourth-order valence-electron chi connectivity index (χ4n) is 0.623. The summed E-state index contributed by atoms with van der Waals surface area (Å²) in [5.74, 6) is 0. The lowest BCUT2D eigenvalue weighted by atomic mass is 10.3. The van der Waals surface area contributed by atoms with Gasteiger partial charge in [0.25, 0.3) is 0 Å². The van der Waals surface area contributed by atoms with Crippen LogP contribution in [0.4, 0.5) is 0 Å². The molecule has 0 aromatic heterocycles. The Labute approximate surface area is 69.1 Å². The van der Waals surface area contributed by atoms with Gasteiger partial charge >= 0.3 is 0 Å². The average Bonchev–Trinajstić information content (AvgIpc) is 1.63. The lowest BCUT2D eigenvalue weighted by Crippen LogP contribution is -3.00. The van der Waals surface area contributed by atoms with Gasteiger partial charge in [0, 0.05) is 6.42 Å². The minimum atomic E-state index is 0. The zero-order valence-electron chi connectivity index (χ0n) is 6.68. The predicted molar refractivity (Wildman–Crippen MR) is 38.2 cm³/mol. The third-order valence-electron chi connectivity index (χ3n) is 1.11. The molecule has 0 saturated carbocycles. The predicted octanol–water partition coefficient (Wildman–Crippen LogP) is -1.58. The van der Waals surface area contributed by atoms with Crippen LogP contribution in [0.25, 0.3) is 0 Å². The lowest BCUT2D eigenvalue weighted by molar-refractivity contribution is -1.07. The minimum Gasteiger partial charge on any atom is -1.00 e. The highest BCUT2D eigenvalue weighted by molar-refractivity contribution is 4.64. The van der Waals surface area contributed by atoms with Crippen LogP contribution in [0.15, 0.2) is 12.7 Å². The van der Waals surface area contributed by atoms with Crippen molar-refractivity contribution in [2.24, 2.45) is 0 Å². The molecule has 0 aromatic carbocycles. The molecule has 3 heteroatoms. The molecule has 0 aromatic rings. The Balaban J connectivity index is 0. The Morgan fingerprint density at radius 1 is 1.50 bits per heavy atom. The zero-order valence-corrected chi connectivity index (χ0v) is 7.43. The van der Waals surface area contributed by atoms with E-state index < -0.39 is 0 Å². The maximum absolute atomic E-state index is 9.15. The fourth-order valence-corrected chi connectivity index (χ4v) is 0.623.